The Kier molecular flexibility index (Phi) is 3.50. The van der Waals surface area contributed by atoms with Crippen molar-refractivity contribution >= 4 is 17.2 Å². The van der Waals surface area contributed by atoms with Crippen molar-refractivity contribution in [2.24, 2.45) is 7.05 Å². The fourth-order valence-corrected chi connectivity index (χ4v) is 1.86. The highest BCUT2D eigenvalue weighted by molar-refractivity contribution is 5.74. The third kappa shape index (κ3) is 2.42. The van der Waals surface area contributed by atoms with Gasteiger partial charge in [-0.25, -0.2) is 0 Å². The standard InChI is InChI=1S/C13H18N4O2/c1-8-12(14)13(17(2)16-8)15-10-7-9(18-3)5-6-11(10)19-4/h5-7,15H,14H2,1-4H3. The molecule has 0 amide bonds. The molecule has 0 bridgehead atoms. The average Bonchev–Trinajstić information content (AvgIpc) is 2.65. The number of nitrogen functional groups attached to an aromatic ring is 1. The number of aromatic nitrogens is 2. The smallest absolute Gasteiger partial charge is 0.152 e. The van der Waals surface area contributed by atoms with Gasteiger partial charge in [0.2, 0.25) is 0 Å². The van der Waals surface area contributed by atoms with Crippen LogP contribution in [0.15, 0.2) is 18.2 Å². The molecule has 0 atom stereocenters. The molecule has 6 nitrogen and oxygen atoms in total. The molecule has 1 aromatic heterocycles. The Balaban J connectivity index is 2.41. The fraction of sp³-hybridized carbons (Fsp3) is 0.308. The number of methoxy groups -OCH3 is 2. The number of benzene rings is 1. The lowest BCUT2D eigenvalue weighted by atomic mass is 10.2. The van der Waals surface area contributed by atoms with Crippen molar-refractivity contribution in [2.45, 2.75) is 6.92 Å². The highest BCUT2D eigenvalue weighted by atomic mass is 16.5. The van der Waals surface area contributed by atoms with Gasteiger partial charge in [0.15, 0.2) is 5.82 Å². The number of nitrogens with two attached hydrogens (primary N) is 1. The summed E-state index contributed by atoms with van der Waals surface area (Å²) in [4.78, 5) is 0. The average molecular weight is 262 g/mol. The molecular formula is C13H18N4O2. The van der Waals surface area contributed by atoms with Crippen LogP contribution in [0, 0.1) is 6.92 Å². The quantitative estimate of drug-likeness (QED) is 0.882. The molecule has 102 valence electrons. The highest BCUT2D eigenvalue weighted by Gasteiger charge is 2.13. The molecule has 0 aliphatic heterocycles. The van der Waals surface area contributed by atoms with Crippen molar-refractivity contribution in [3.05, 3.63) is 23.9 Å². The molecule has 2 rings (SSSR count). The molecular weight excluding hydrogens is 244 g/mol. The van der Waals surface area contributed by atoms with E-state index in [4.69, 9.17) is 15.2 Å². The zero-order valence-corrected chi connectivity index (χ0v) is 11.5. The van der Waals surface area contributed by atoms with E-state index in [1.54, 1.807) is 18.9 Å². The molecule has 0 unspecified atom stereocenters. The normalized spacial score (nSPS) is 10.3. The Morgan fingerprint density at radius 1 is 1.26 bits per heavy atom. The fourth-order valence-electron chi connectivity index (χ4n) is 1.86. The van der Waals surface area contributed by atoms with Gasteiger partial charge in [-0.15, -0.1) is 0 Å². The summed E-state index contributed by atoms with van der Waals surface area (Å²) >= 11 is 0. The van der Waals surface area contributed by atoms with E-state index >= 15 is 0 Å². The Labute approximate surface area is 112 Å². The van der Waals surface area contributed by atoms with Crippen LogP contribution >= 0.6 is 0 Å². The highest BCUT2D eigenvalue weighted by Crippen LogP contribution is 2.33. The van der Waals surface area contributed by atoms with E-state index in [2.05, 4.69) is 10.4 Å². The van der Waals surface area contributed by atoms with Gasteiger partial charge < -0.3 is 20.5 Å². The summed E-state index contributed by atoms with van der Waals surface area (Å²) in [6.07, 6.45) is 0. The topological polar surface area (TPSA) is 74.3 Å². The Morgan fingerprint density at radius 2 is 2.00 bits per heavy atom. The lowest BCUT2D eigenvalue weighted by Gasteiger charge is -2.13. The molecule has 0 aliphatic rings. The van der Waals surface area contributed by atoms with Gasteiger partial charge >= 0.3 is 0 Å². The SMILES string of the molecule is COc1ccc(OC)c(Nc2c(N)c(C)nn2C)c1. The number of aryl methyl sites for hydroxylation is 2. The second kappa shape index (κ2) is 5.09. The molecule has 0 saturated carbocycles. The predicted molar refractivity (Wildman–Crippen MR) is 75.2 cm³/mol. The number of nitrogens with one attached hydrogen (secondary N) is 1. The first-order valence-corrected chi connectivity index (χ1v) is 5.85. The first-order valence-electron chi connectivity index (χ1n) is 5.85. The number of nitrogens with zero attached hydrogens (tertiary/aromatic N) is 2. The number of rotatable bonds is 4. The second-order valence-electron chi connectivity index (χ2n) is 4.16. The predicted octanol–water partition coefficient (Wildman–Crippen LogP) is 2.07. The minimum atomic E-state index is 0.618. The van der Waals surface area contributed by atoms with E-state index < -0.39 is 0 Å². The molecule has 0 spiro atoms. The third-order valence-corrected chi connectivity index (χ3v) is 2.93. The van der Waals surface area contributed by atoms with Gasteiger partial charge in [-0.3, -0.25) is 4.68 Å². The first-order chi connectivity index (χ1) is 9.06. The summed E-state index contributed by atoms with van der Waals surface area (Å²) in [5.41, 5.74) is 8.17. The summed E-state index contributed by atoms with van der Waals surface area (Å²) < 4.78 is 12.2. The van der Waals surface area contributed by atoms with Crippen molar-refractivity contribution in [1.29, 1.82) is 0 Å². The van der Waals surface area contributed by atoms with Crippen molar-refractivity contribution in [1.82, 2.24) is 9.78 Å². The van der Waals surface area contributed by atoms with Crippen LogP contribution in [0.4, 0.5) is 17.2 Å². The number of hydrogen-bond donors (Lipinski definition) is 2. The van der Waals surface area contributed by atoms with Gasteiger partial charge in [0.25, 0.3) is 0 Å². The second-order valence-corrected chi connectivity index (χ2v) is 4.16. The van der Waals surface area contributed by atoms with Gasteiger partial charge in [-0.05, 0) is 19.1 Å². The van der Waals surface area contributed by atoms with Gasteiger partial charge in [-0.2, -0.15) is 5.10 Å². The van der Waals surface area contributed by atoms with Crippen LogP contribution in [0.2, 0.25) is 0 Å². The third-order valence-electron chi connectivity index (χ3n) is 2.93. The summed E-state index contributed by atoms with van der Waals surface area (Å²) in [6.45, 7) is 1.86. The maximum atomic E-state index is 6.00. The molecule has 1 heterocycles. The summed E-state index contributed by atoms with van der Waals surface area (Å²) in [5, 5.41) is 7.49. The minimum Gasteiger partial charge on any atom is -0.497 e. The largest absolute Gasteiger partial charge is 0.497 e. The maximum absolute atomic E-state index is 6.00. The molecule has 2 aromatic rings. The van der Waals surface area contributed by atoms with Crippen molar-refractivity contribution < 1.29 is 9.47 Å². The number of anilines is 3. The summed E-state index contributed by atoms with van der Waals surface area (Å²) in [7, 11) is 5.07. The van der Waals surface area contributed by atoms with Crippen LogP contribution < -0.4 is 20.5 Å². The van der Waals surface area contributed by atoms with Crippen LogP contribution in [0.3, 0.4) is 0 Å². The van der Waals surface area contributed by atoms with Gasteiger partial charge in [0, 0.05) is 13.1 Å². The Hall–Kier alpha value is -2.37. The molecule has 0 fully saturated rings. The van der Waals surface area contributed by atoms with E-state index in [1.807, 2.05) is 32.2 Å². The van der Waals surface area contributed by atoms with E-state index in [0.29, 0.717) is 11.4 Å². The van der Waals surface area contributed by atoms with Crippen LogP contribution in [-0.2, 0) is 7.05 Å². The lowest BCUT2D eigenvalue weighted by Crippen LogP contribution is -2.03. The molecule has 6 heteroatoms. The van der Waals surface area contributed by atoms with Crippen LogP contribution in [-0.4, -0.2) is 24.0 Å². The zero-order chi connectivity index (χ0) is 14.0. The minimum absolute atomic E-state index is 0.618. The lowest BCUT2D eigenvalue weighted by molar-refractivity contribution is 0.405. The van der Waals surface area contributed by atoms with Crippen LogP contribution in [0.25, 0.3) is 0 Å². The number of ether oxygens (including phenoxy) is 2. The van der Waals surface area contributed by atoms with Gasteiger partial charge in [0.1, 0.15) is 11.5 Å². The van der Waals surface area contributed by atoms with Crippen LogP contribution in [0.5, 0.6) is 11.5 Å². The Bertz CT molecular complexity index is 593. The van der Waals surface area contributed by atoms with Crippen LogP contribution in [0.1, 0.15) is 5.69 Å². The van der Waals surface area contributed by atoms with Crippen molar-refractivity contribution in [2.75, 3.05) is 25.3 Å². The molecule has 3 N–H and O–H groups in total. The monoisotopic (exact) mass is 262 g/mol. The van der Waals surface area contributed by atoms with E-state index in [-0.39, 0.29) is 0 Å². The molecule has 0 saturated heterocycles. The maximum Gasteiger partial charge on any atom is 0.152 e. The van der Waals surface area contributed by atoms with Crippen molar-refractivity contribution in [3.63, 3.8) is 0 Å². The molecule has 19 heavy (non-hydrogen) atoms. The molecule has 1 aromatic carbocycles. The van der Waals surface area contributed by atoms with Gasteiger partial charge in [0.05, 0.1) is 31.3 Å². The van der Waals surface area contributed by atoms with Crippen molar-refractivity contribution in [3.8, 4) is 11.5 Å². The zero-order valence-electron chi connectivity index (χ0n) is 11.5. The molecule has 0 radical (unpaired) electrons. The molecule has 0 aliphatic carbocycles. The van der Waals surface area contributed by atoms with Gasteiger partial charge in [-0.1, -0.05) is 0 Å². The van der Waals surface area contributed by atoms with E-state index in [1.165, 1.54) is 0 Å². The van der Waals surface area contributed by atoms with E-state index in [9.17, 15) is 0 Å². The summed E-state index contributed by atoms with van der Waals surface area (Å²) in [5.74, 6) is 2.17. The summed E-state index contributed by atoms with van der Waals surface area (Å²) in [6, 6.07) is 5.52. The Morgan fingerprint density at radius 3 is 2.53 bits per heavy atom. The number of hydrogen-bond acceptors (Lipinski definition) is 5. The first kappa shape index (κ1) is 13.1. The van der Waals surface area contributed by atoms with E-state index in [0.717, 1.165) is 22.9 Å².